The summed E-state index contributed by atoms with van der Waals surface area (Å²) in [5, 5.41) is 3.74. The predicted octanol–water partition coefficient (Wildman–Crippen LogP) is 2.90. The first-order chi connectivity index (χ1) is 9.90. The van der Waals surface area contributed by atoms with Gasteiger partial charge in [0.05, 0.1) is 6.26 Å². The maximum atomic E-state index is 11.3. The molecule has 0 radical (unpaired) electrons. The van der Waals surface area contributed by atoms with E-state index in [1.807, 2.05) is 12.1 Å². The molecule has 0 saturated heterocycles. The van der Waals surface area contributed by atoms with Crippen molar-refractivity contribution in [3.05, 3.63) is 29.8 Å². The summed E-state index contributed by atoms with van der Waals surface area (Å²) in [7, 11) is -3.22. The molecule has 0 spiro atoms. The molecule has 116 valence electrons. The molecule has 3 rings (SSSR count). The zero-order valence-corrected chi connectivity index (χ0v) is 13.5. The van der Waals surface area contributed by atoms with Crippen LogP contribution in [0.25, 0.3) is 0 Å². The van der Waals surface area contributed by atoms with Crippen molar-refractivity contribution in [2.24, 2.45) is 11.8 Å². The van der Waals surface area contributed by atoms with Crippen LogP contribution in [-0.4, -0.2) is 20.7 Å². The van der Waals surface area contributed by atoms with Gasteiger partial charge in [-0.3, -0.25) is 4.72 Å². The summed E-state index contributed by atoms with van der Waals surface area (Å²) in [6.45, 7) is 2.16. The molecule has 2 fully saturated rings. The van der Waals surface area contributed by atoms with E-state index in [1.54, 1.807) is 6.07 Å². The zero-order chi connectivity index (χ0) is 15.0. The fourth-order valence-electron chi connectivity index (χ4n) is 3.95. The second-order valence-electron chi connectivity index (χ2n) is 6.67. The summed E-state index contributed by atoms with van der Waals surface area (Å²) in [4.78, 5) is 0. The van der Waals surface area contributed by atoms with E-state index in [9.17, 15) is 8.42 Å². The highest BCUT2D eigenvalue weighted by Crippen LogP contribution is 2.45. The number of hydrogen-bond donors (Lipinski definition) is 2. The minimum absolute atomic E-state index is 0.246. The van der Waals surface area contributed by atoms with Crippen molar-refractivity contribution in [3.8, 4) is 0 Å². The van der Waals surface area contributed by atoms with Crippen LogP contribution in [0.1, 0.15) is 44.2 Å². The molecule has 1 aromatic carbocycles. The third-order valence-electron chi connectivity index (χ3n) is 4.89. The average Bonchev–Trinajstić information content (AvgIpc) is 2.99. The second kappa shape index (κ2) is 5.61. The second-order valence-corrected chi connectivity index (χ2v) is 8.42. The fourth-order valence-corrected chi connectivity index (χ4v) is 4.51. The smallest absolute Gasteiger partial charge is 0.229 e. The fraction of sp³-hybridized carbons (Fsp3) is 0.625. The highest BCUT2D eigenvalue weighted by molar-refractivity contribution is 7.92. The number of anilines is 1. The van der Waals surface area contributed by atoms with Crippen LogP contribution >= 0.6 is 0 Å². The highest BCUT2D eigenvalue weighted by Gasteiger charge is 2.39. The van der Waals surface area contributed by atoms with Crippen LogP contribution in [0.4, 0.5) is 5.69 Å². The Hall–Kier alpha value is -1.07. The Morgan fingerprint density at radius 2 is 2.05 bits per heavy atom. The molecule has 2 aliphatic rings. The quantitative estimate of drug-likeness (QED) is 0.879. The molecule has 2 aliphatic carbocycles. The molecule has 21 heavy (non-hydrogen) atoms. The monoisotopic (exact) mass is 308 g/mol. The van der Waals surface area contributed by atoms with Crippen LogP contribution in [0.3, 0.4) is 0 Å². The number of benzene rings is 1. The van der Waals surface area contributed by atoms with Gasteiger partial charge < -0.3 is 5.32 Å². The van der Waals surface area contributed by atoms with Gasteiger partial charge in [0.25, 0.3) is 0 Å². The number of rotatable bonds is 5. The molecule has 0 amide bonds. The minimum atomic E-state index is -3.22. The number of hydrogen-bond acceptors (Lipinski definition) is 3. The van der Waals surface area contributed by atoms with E-state index in [1.165, 1.54) is 31.9 Å². The average molecular weight is 308 g/mol. The van der Waals surface area contributed by atoms with E-state index < -0.39 is 10.0 Å². The summed E-state index contributed by atoms with van der Waals surface area (Å²) in [6.07, 6.45) is 6.64. The summed E-state index contributed by atoms with van der Waals surface area (Å²) in [6, 6.07) is 8.54. The van der Waals surface area contributed by atoms with Gasteiger partial charge in [-0.2, -0.15) is 0 Å². The van der Waals surface area contributed by atoms with Crippen molar-refractivity contribution >= 4 is 15.7 Å². The normalized spacial score (nSPS) is 29.5. The Balaban J connectivity index is 1.67. The van der Waals surface area contributed by atoms with Crippen LogP contribution in [0.2, 0.25) is 0 Å². The predicted molar refractivity (Wildman–Crippen MR) is 85.7 cm³/mol. The van der Waals surface area contributed by atoms with E-state index in [0.29, 0.717) is 11.7 Å². The van der Waals surface area contributed by atoms with Gasteiger partial charge in [-0.15, -0.1) is 0 Å². The highest BCUT2D eigenvalue weighted by atomic mass is 32.2. The van der Waals surface area contributed by atoms with E-state index >= 15 is 0 Å². The molecule has 2 saturated carbocycles. The van der Waals surface area contributed by atoms with Crippen LogP contribution < -0.4 is 10.0 Å². The lowest BCUT2D eigenvalue weighted by Gasteiger charge is -2.27. The van der Waals surface area contributed by atoms with Gasteiger partial charge in [-0.1, -0.05) is 18.6 Å². The largest absolute Gasteiger partial charge is 0.307 e. The van der Waals surface area contributed by atoms with Crippen LogP contribution in [0, 0.1) is 11.8 Å². The molecule has 2 bridgehead atoms. The molecular formula is C16H24N2O2S. The summed E-state index contributed by atoms with van der Waals surface area (Å²) in [5.41, 5.74) is 1.77. The third kappa shape index (κ3) is 3.58. The van der Waals surface area contributed by atoms with Gasteiger partial charge in [0.15, 0.2) is 0 Å². The van der Waals surface area contributed by atoms with Crippen LogP contribution in [0.15, 0.2) is 24.3 Å². The van der Waals surface area contributed by atoms with Gasteiger partial charge in [-0.05, 0) is 55.7 Å². The van der Waals surface area contributed by atoms with E-state index in [0.717, 1.165) is 17.4 Å². The first kappa shape index (κ1) is 14.9. The molecule has 4 atom stereocenters. The van der Waals surface area contributed by atoms with Gasteiger partial charge in [0.1, 0.15) is 0 Å². The van der Waals surface area contributed by atoms with Crippen LogP contribution in [0.5, 0.6) is 0 Å². The van der Waals surface area contributed by atoms with Gasteiger partial charge >= 0.3 is 0 Å². The van der Waals surface area contributed by atoms with Crippen molar-refractivity contribution in [1.29, 1.82) is 0 Å². The topological polar surface area (TPSA) is 58.2 Å². The van der Waals surface area contributed by atoms with E-state index in [4.69, 9.17) is 0 Å². The lowest BCUT2D eigenvalue weighted by Crippen LogP contribution is -2.35. The lowest BCUT2D eigenvalue weighted by molar-refractivity contribution is 0.327. The molecular weight excluding hydrogens is 284 g/mol. The SMILES string of the molecule is C[C@H](N[C@@H]1C[C@H]2CC[C@H]1C2)c1cccc(NS(C)(=O)=O)c1. The summed E-state index contributed by atoms with van der Waals surface area (Å²) >= 11 is 0. The molecule has 0 aliphatic heterocycles. The number of sulfonamides is 1. The summed E-state index contributed by atoms with van der Waals surface area (Å²) < 4.78 is 25.2. The Kier molecular flexibility index (Phi) is 3.97. The number of nitrogens with one attached hydrogen (secondary N) is 2. The molecule has 1 aromatic rings. The lowest BCUT2D eigenvalue weighted by atomic mass is 9.94. The van der Waals surface area contributed by atoms with Crippen LogP contribution in [-0.2, 0) is 10.0 Å². The van der Waals surface area contributed by atoms with Gasteiger partial charge in [-0.25, -0.2) is 8.42 Å². The standard InChI is InChI=1S/C16H24N2O2S/c1-11(17-16-9-12-6-7-14(16)8-12)13-4-3-5-15(10-13)18-21(2,19)20/h3-5,10-12,14,16-18H,6-9H2,1-2H3/t11-,12-,14-,16+/m0/s1. The molecule has 5 heteroatoms. The van der Waals surface area contributed by atoms with Crippen molar-refractivity contribution in [2.75, 3.05) is 11.0 Å². The third-order valence-corrected chi connectivity index (χ3v) is 5.50. The maximum absolute atomic E-state index is 11.3. The van der Waals surface area contributed by atoms with Crippen molar-refractivity contribution in [3.63, 3.8) is 0 Å². The zero-order valence-electron chi connectivity index (χ0n) is 12.7. The first-order valence-electron chi connectivity index (χ1n) is 7.74. The summed E-state index contributed by atoms with van der Waals surface area (Å²) in [5.74, 6) is 1.77. The molecule has 0 heterocycles. The Morgan fingerprint density at radius 3 is 2.67 bits per heavy atom. The van der Waals surface area contributed by atoms with Gasteiger partial charge in [0, 0.05) is 17.8 Å². The van der Waals surface area contributed by atoms with Crippen molar-refractivity contribution in [1.82, 2.24) is 5.32 Å². The molecule has 0 unspecified atom stereocenters. The Morgan fingerprint density at radius 1 is 1.24 bits per heavy atom. The molecule has 0 aromatic heterocycles. The first-order valence-corrected chi connectivity index (χ1v) is 9.63. The van der Waals surface area contributed by atoms with Crippen molar-refractivity contribution < 1.29 is 8.42 Å². The number of fused-ring (bicyclic) bond motifs is 2. The maximum Gasteiger partial charge on any atom is 0.229 e. The molecule has 2 N–H and O–H groups in total. The Bertz CT molecular complexity index is 614. The minimum Gasteiger partial charge on any atom is -0.307 e. The van der Waals surface area contributed by atoms with E-state index in [2.05, 4.69) is 23.0 Å². The van der Waals surface area contributed by atoms with Crippen molar-refractivity contribution in [2.45, 2.75) is 44.7 Å². The Labute approximate surface area is 127 Å². The van der Waals surface area contributed by atoms with Gasteiger partial charge in [0.2, 0.25) is 10.0 Å². The van der Waals surface area contributed by atoms with E-state index in [-0.39, 0.29) is 6.04 Å². The molecule has 4 nitrogen and oxygen atoms in total.